The minimum atomic E-state index is -3.08. The predicted molar refractivity (Wildman–Crippen MR) is 113 cm³/mol. The van der Waals surface area contributed by atoms with Crippen LogP contribution in [-0.2, 0) is 21.2 Å². The lowest BCUT2D eigenvalue weighted by molar-refractivity contribution is -0.124. The predicted octanol–water partition coefficient (Wildman–Crippen LogP) is 1.87. The van der Waals surface area contributed by atoms with E-state index in [4.69, 9.17) is 0 Å². The van der Waals surface area contributed by atoms with Crippen molar-refractivity contribution < 1.29 is 13.2 Å². The molecule has 4 heterocycles. The molecule has 0 spiro atoms. The molecule has 0 bridgehead atoms. The SMILES string of the molecule is Cc1ccc(-c2c(-c3ccncc3)cnn2CCNC(=O)[C@H]2CCS(=O)(=O)C2)cn1. The molecule has 0 saturated carbocycles. The zero-order chi connectivity index (χ0) is 21.1. The summed E-state index contributed by atoms with van der Waals surface area (Å²) in [6.45, 7) is 2.75. The largest absolute Gasteiger partial charge is 0.354 e. The molecule has 1 aliphatic heterocycles. The Balaban J connectivity index is 1.54. The topological polar surface area (TPSA) is 107 Å². The van der Waals surface area contributed by atoms with Gasteiger partial charge in [0.1, 0.15) is 0 Å². The van der Waals surface area contributed by atoms with Crippen LogP contribution >= 0.6 is 0 Å². The minimum Gasteiger partial charge on any atom is -0.354 e. The lowest BCUT2D eigenvalue weighted by Crippen LogP contribution is -2.33. The number of aromatic nitrogens is 4. The van der Waals surface area contributed by atoms with Crippen LogP contribution < -0.4 is 5.32 Å². The third-order valence-electron chi connectivity index (χ3n) is 5.24. The summed E-state index contributed by atoms with van der Waals surface area (Å²) in [5, 5.41) is 7.39. The molecule has 0 aliphatic carbocycles. The van der Waals surface area contributed by atoms with Gasteiger partial charge in [0.2, 0.25) is 5.91 Å². The summed E-state index contributed by atoms with van der Waals surface area (Å²) in [6.07, 6.45) is 7.48. The van der Waals surface area contributed by atoms with Gasteiger partial charge in [0.25, 0.3) is 0 Å². The molecule has 4 rings (SSSR count). The van der Waals surface area contributed by atoms with Gasteiger partial charge >= 0.3 is 0 Å². The molecular formula is C21H23N5O3S. The van der Waals surface area contributed by atoms with Gasteiger partial charge in [-0.15, -0.1) is 0 Å². The second-order valence-electron chi connectivity index (χ2n) is 7.45. The van der Waals surface area contributed by atoms with Crippen LogP contribution in [0.15, 0.2) is 49.1 Å². The second kappa shape index (κ2) is 8.35. The highest BCUT2D eigenvalue weighted by atomic mass is 32.2. The summed E-state index contributed by atoms with van der Waals surface area (Å²) < 4.78 is 25.0. The van der Waals surface area contributed by atoms with Crippen LogP contribution in [0.2, 0.25) is 0 Å². The second-order valence-corrected chi connectivity index (χ2v) is 9.67. The van der Waals surface area contributed by atoms with Crippen LogP contribution in [0, 0.1) is 12.8 Å². The molecule has 156 valence electrons. The van der Waals surface area contributed by atoms with E-state index in [-0.39, 0.29) is 17.4 Å². The van der Waals surface area contributed by atoms with E-state index in [9.17, 15) is 13.2 Å². The number of aryl methyl sites for hydroxylation is 1. The van der Waals surface area contributed by atoms with Crippen molar-refractivity contribution in [1.82, 2.24) is 25.1 Å². The number of hydrogen-bond acceptors (Lipinski definition) is 6. The normalized spacial score (nSPS) is 17.7. The van der Waals surface area contributed by atoms with E-state index < -0.39 is 15.8 Å². The van der Waals surface area contributed by atoms with Gasteiger partial charge in [-0.25, -0.2) is 8.42 Å². The summed E-state index contributed by atoms with van der Waals surface area (Å²) >= 11 is 0. The van der Waals surface area contributed by atoms with Gasteiger partial charge in [0, 0.05) is 42.0 Å². The summed E-state index contributed by atoms with van der Waals surface area (Å²) in [4.78, 5) is 20.8. The highest BCUT2D eigenvalue weighted by Crippen LogP contribution is 2.31. The van der Waals surface area contributed by atoms with Crippen molar-refractivity contribution in [3.05, 3.63) is 54.7 Å². The third-order valence-corrected chi connectivity index (χ3v) is 7.01. The Hall–Kier alpha value is -3.07. The number of nitrogens with zero attached hydrogens (tertiary/aromatic N) is 4. The molecule has 3 aromatic rings. The number of pyridine rings is 2. The Bertz CT molecular complexity index is 1140. The Morgan fingerprint density at radius 2 is 1.97 bits per heavy atom. The molecule has 0 radical (unpaired) electrons. The molecule has 1 atom stereocenters. The van der Waals surface area contributed by atoms with Crippen LogP contribution in [0.25, 0.3) is 22.4 Å². The van der Waals surface area contributed by atoms with Gasteiger partial charge in [0.05, 0.1) is 35.9 Å². The highest BCUT2D eigenvalue weighted by Gasteiger charge is 2.32. The Morgan fingerprint density at radius 1 is 1.17 bits per heavy atom. The number of hydrogen-bond donors (Lipinski definition) is 1. The number of carbonyl (C=O) groups is 1. The molecule has 3 aromatic heterocycles. The first-order chi connectivity index (χ1) is 14.4. The van der Waals surface area contributed by atoms with Crippen LogP contribution in [0.1, 0.15) is 12.1 Å². The quantitative estimate of drug-likeness (QED) is 0.646. The summed E-state index contributed by atoms with van der Waals surface area (Å²) in [7, 11) is -3.08. The van der Waals surface area contributed by atoms with E-state index in [1.807, 2.05) is 42.1 Å². The number of nitrogens with one attached hydrogen (secondary N) is 1. The standard InChI is InChI=1S/C21H23N5O3S/c1-15-2-3-17(12-24-15)20-19(16-4-7-22-8-5-16)13-25-26(20)10-9-23-21(27)18-6-11-30(28,29)14-18/h2-5,7-8,12-13,18H,6,9-11,14H2,1H3,(H,23,27)/t18-/m0/s1. The van der Waals surface area contributed by atoms with Crippen LogP contribution in [0.3, 0.4) is 0 Å². The zero-order valence-corrected chi connectivity index (χ0v) is 17.5. The average molecular weight is 426 g/mol. The molecule has 0 unspecified atom stereocenters. The van der Waals surface area contributed by atoms with E-state index in [0.29, 0.717) is 19.5 Å². The molecule has 1 fully saturated rings. The van der Waals surface area contributed by atoms with E-state index in [1.165, 1.54) is 0 Å². The first-order valence-electron chi connectivity index (χ1n) is 9.80. The van der Waals surface area contributed by atoms with Crippen molar-refractivity contribution >= 4 is 15.7 Å². The van der Waals surface area contributed by atoms with Gasteiger partial charge in [-0.3, -0.25) is 19.4 Å². The van der Waals surface area contributed by atoms with E-state index >= 15 is 0 Å². The van der Waals surface area contributed by atoms with Gasteiger partial charge in [-0.1, -0.05) is 0 Å². The lowest BCUT2D eigenvalue weighted by atomic mass is 10.0. The molecule has 1 saturated heterocycles. The van der Waals surface area contributed by atoms with Gasteiger partial charge < -0.3 is 5.32 Å². The molecule has 8 nitrogen and oxygen atoms in total. The highest BCUT2D eigenvalue weighted by molar-refractivity contribution is 7.91. The Labute approximate surface area is 175 Å². The van der Waals surface area contributed by atoms with Crippen molar-refractivity contribution in [1.29, 1.82) is 0 Å². The van der Waals surface area contributed by atoms with Crippen LogP contribution in [0.5, 0.6) is 0 Å². The first-order valence-corrected chi connectivity index (χ1v) is 11.6. The summed E-state index contributed by atoms with van der Waals surface area (Å²) in [5.41, 5.74) is 4.71. The Kier molecular flexibility index (Phi) is 5.63. The summed E-state index contributed by atoms with van der Waals surface area (Å²) in [6, 6.07) is 7.80. The number of carbonyl (C=O) groups excluding carboxylic acids is 1. The fraction of sp³-hybridized carbons (Fsp3) is 0.333. The average Bonchev–Trinajstić information content (AvgIpc) is 3.32. The smallest absolute Gasteiger partial charge is 0.224 e. The molecule has 1 N–H and O–H groups in total. The molecular weight excluding hydrogens is 402 g/mol. The maximum Gasteiger partial charge on any atom is 0.224 e. The third kappa shape index (κ3) is 4.40. The van der Waals surface area contributed by atoms with Crippen molar-refractivity contribution in [2.45, 2.75) is 19.9 Å². The molecule has 1 aliphatic rings. The molecule has 1 amide bonds. The first kappa shape index (κ1) is 20.2. The monoisotopic (exact) mass is 425 g/mol. The zero-order valence-electron chi connectivity index (χ0n) is 16.7. The van der Waals surface area contributed by atoms with Crippen LogP contribution in [-0.4, -0.2) is 52.1 Å². The van der Waals surface area contributed by atoms with E-state index in [0.717, 1.165) is 28.1 Å². The van der Waals surface area contributed by atoms with Crippen molar-refractivity contribution in [3.63, 3.8) is 0 Å². The van der Waals surface area contributed by atoms with Crippen molar-refractivity contribution in [2.75, 3.05) is 18.1 Å². The maximum absolute atomic E-state index is 12.3. The fourth-order valence-corrected chi connectivity index (χ4v) is 5.38. The van der Waals surface area contributed by atoms with Gasteiger partial charge in [-0.2, -0.15) is 5.10 Å². The van der Waals surface area contributed by atoms with Crippen LogP contribution in [0.4, 0.5) is 0 Å². The number of sulfone groups is 1. The molecule has 0 aromatic carbocycles. The van der Waals surface area contributed by atoms with E-state index in [2.05, 4.69) is 20.4 Å². The summed E-state index contributed by atoms with van der Waals surface area (Å²) in [5.74, 6) is -0.645. The van der Waals surface area contributed by atoms with Gasteiger partial charge in [0.15, 0.2) is 9.84 Å². The minimum absolute atomic E-state index is 0.0624. The van der Waals surface area contributed by atoms with Gasteiger partial charge in [-0.05, 0) is 43.2 Å². The lowest BCUT2D eigenvalue weighted by Gasteiger charge is -2.13. The maximum atomic E-state index is 12.3. The number of amides is 1. The number of rotatable bonds is 6. The fourth-order valence-electron chi connectivity index (χ4n) is 3.64. The molecule has 9 heteroatoms. The Morgan fingerprint density at radius 3 is 2.63 bits per heavy atom. The van der Waals surface area contributed by atoms with E-state index in [1.54, 1.807) is 18.6 Å². The molecule has 30 heavy (non-hydrogen) atoms. The van der Waals surface area contributed by atoms with Crippen molar-refractivity contribution in [3.8, 4) is 22.4 Å². The van der Waals surface area contributed by atoms with Crippen molar-refractivity contribution in [2.24, 2.45) is 5.92 Å².